The first-order valence-electron chi connectivity index (χ1n) is 7.56. The van der Waals surface area contributed by atoms with E-state index in [2.05, 4.69) is 0 Å². The van der Waals surface area contributed by atoms with E-state index in [9.17, 15) is 14.7 Å². The van der Waals surface area contributed by atoms with Gasteiger partial charge in [0.25, 0.3) is 0 Å². The monoisotopic (exact) mass is 332 g/mol. The molecule has 0 aromatic heterocycles. The molecule has 0 saturated carbocycles. The molecule has 1 aliphatic carbocycles. The number of carbonyl (C=O) groups is 1. The lowest BCUT2D eigenvalue weighted by atomic mass is 9.93. The van der Waals surface area contributed by atoms with Gasteiger partial charge in [0.15, 0.2) is 5.43 Å². The van der Waals surface area contributed by atoms with Crippen molar-refractivity contribution in [1.82, 2.24) is 0 Å². The summed E-state index contributed by atoms with van der Waals surface area (Å²) in [5.41, 5.74) is 2.80. The minimum atomic E-state index is -0.995. The van der Waals surface area contributed by atoms with Crippen molar-refractivity contribution in [3.05, 3.63) is 76.5 Å². The first-order valence-corrected chi connectivity index (χ1v) is 7.56. The molecule has 5 nitrogen and oxygen atoms in total. The summed E-state index contributed by atoms with van der Waals surface area (Å²) in [6.45, 7) is 0. The van der Waals surface area contributed by atoms with Crippen LogP contribution in [0, 0.1) is 0 Å². The van der Waals surface area contributed by atoms with Crippen LogP contribution >= 0.6 is 0 Å². The number of phenolic OH excluding ortho intramolecular Hbond substituents is 1. The second kappa shape index (κ2) is 5.49. The molecule has 1 aliphatic heterocycles. The van der Waals surface area contributed by atoms with Crippen LogP contribution in [0.4, 0.5) is 0 Å². The summed E-state index contributed by atoms with van der Waals surface area (Å²) in [5, 5.41) is 19.6. The fourth-order valence-corrected chi connectivity index (χ4v) is 2.95. The average molecular weight is 332 g/mol. The molecule has 0 bridgehead atoms. The summed E-state index contributed by atoms with van der Waals surface area (Å²) < 4.78 is 5.78. The van der Waals surface area contributed by atoms with Gasteiger partial charge >= 0.3 is 5.97 Å². The van der Waals surface area contributed by atoms with Crippen molar-refractivity contribution in [2.75, 3.05) is 0 Å². The Morgan fingerprint density at radius 3 is 2.40 bits per heavy atom. The van der Waals surface area contributed by atoms with E-state index in [1.54, 1.807) is 30.3 Å². The fraction of sp³-hybridized carbons (Fsp3) is 0. The number of fused-ring (bicyclic) bond motifs is 2. The van der Waals surface area contributed by atoms with Crippen molar-refractivity contribution in [1.29, 1.82) is 0 Å². The van der Waals surface area contributed by atoms with Gasteiger partial charge in [-0.2, -0.15) is 0 Å². The van der Waals surface area contributed by atoms with Gasteiger partial charge in [-0.1, -0.05) is 12.1 Å². The Balaban J connectivity index is 2.09. The molecule has 0 amide bonds. The lowest BCUT2D eigenvalue weighted by Gasteiger charge is -2.15. The summed E-state index contributed by atoms with van der Waals surface area (Å²) in [6.07, 6.45) is 0. The van der Waals surface area contributed by atoms with Gasteiger partial charge in [-0.15, -0.1) is 0 Å². The Kier molecular flexibility index (Phi) is 3.28. The minimum Gasteiger partial charge on any atom is -0.508 e. The molecule has 0 unspecified atom stereocenters. The summed E-state index contributed by atoms with van der Waals surface area (Å²) in [5.74, 6) is -0.533. The molecule has 0 spiro atoms. The van der Waals surface area contributed by atoms with Crippen LogP contribution in [0.3, 0.4) is 0 Å². The number of hydrogen-bond donors (Lipinski definition) is 2. The predicted octanol–water partition coefficient (Wildman–Crippen LogP) is 3.97. The molecule has 122 valence electrons. The zero-order valence-electron chi connectivity index (χ0n) is 12.9. The highest BCUT2D eigenvalue weighted by atomic mass is 16.4. The molecule has 2 aromatic carbocycles. The van der Waals surface area contributed by atoms with Gasteiger partial charge in [-0.05, 0) is 42.0 Å². The molecule has 2 aromatic rings. The maximum Gasteiger partial charge on any atom is 0.335 e. The number of benzene rings is 3. The van der Waals surface area contributed by atoms with Crippen LogP contribution in [-0.2, 0) is 0 Å². The van der Waals surface area contributed by atoms with Crippen LogP contribution in [0.1, 0.15) is 10.4 Å². The number of carboxylic acids is 1. The van der Waals surface area contributed by atoms with E-state index in [4.69, 9.17) is 9.52 Å². The molecular formula is C20H12O5. The quantitative estimate of drug-likeness (QED) is 0.542. The van der Waals surface area contributed by atoms with Crippen molar-refractivity contribution in [3.63, 3.8) is 0 Å². The van der Waals surface area contributed by atoms with E-state index in [0.717, 1.165) is 22.1 Å². The van der Waals surface area contributed by atoms with Crippen molar-refractivity contribution >= 4 is 16.9 Å². The number of aromatic hydroxyl groups is 1. The topological polar surface area (TPSA) is 87.7 Å². The third kappa shape index (κ3) is 2.52. The second-order valence-corrected chi connectivity index (χ2v) is 5.70. The minimum absolute atomic E-state index is 0.0565. The van der Waals surface area contributed by atoms with E-state index < -0.39 is 5.97 Å². The molecule has 1 heterocycles. The molecule has 2 aliphatic rings. The smallest absolute Gasteiger partial charge is 0.335 e. The van der Waals surface area contributed by atoms with Gasteiger partial charge in [0.1, 0.15) is 17.1 Å². The third-order valence-electron chi connectivity index (χ3n) is 4.10. The zero-order valence-corrected chi connectivity index (χ0v) is 12.9. The van der Waals surface area contributed by atoms with Gasteiger partial charge in [0.2, 0.25) is 0 Å². The fourth-order valence-electron chi connectivity index (χ4n) is 2.95. The normalized spacial score (nSPS) is 11.0. The lowest BCUT2D eigenvalue weighted by molar-refractivity contribution is 0.0697. The van der Waals surface area contributed by atoms with E-state index in [1.807, 2.05) is 0 Å². The molecular weight excluding hydrogens is 320 g/mol. The van der Waals surface area contributed by atoms with Gasteiger partial charge < -0.3 is 14.6 Å². The number of carboxylic acid groups (broad SMARTS) is 1. The Morgan fingerprint density at radius 2 is 1.68 bits per heavy atom. The van der Waals surface area contributed by atoms with E-state index in [-0.39, 0.29) is 16.7 Å². The van der Waals surface area contributed by atoms with Crippen LogP contribution in [0.5, 0.6) is 5.75 Å². The number of rotatable bonds is 2. The molecule has 4 rings (SSSR count). The maximum atomic E-state index is 11.7. The highest BCUT2D eigenvalue weighted by Gasteiger charge is 2.17. The van der Waals surface area contributed by atoms with Crippen LogP contribution < -0.4 is 5.43 Å². The molecule has 0 saturated heterocycles. The van der Waals surface area contributed by atoms with Gasteiger partial charge in [-0.25, -0.2) is 4.79 Å². The summed E-state index contributed by atoms with van der Waals surface area (Å²) in [4.78, 5) is 22.8. The van der Waals surface area contributed by atoms with E-state index in [0.29, 0.717) is 11.3 Å². The van der Waals surface area contributed by atoms with Crippen LogP contribution in [0.15, 0.2) is 69.9 Å². The SMILES string of the molecule is O=C(O)c1ccc(-c2c3ccc(=O)cc-3oc3cc(O)ccc23)cc1. The second-order valence-electron chi connectivity index (χ2n) is 5.70. The molecule has 2 N–H and O–H groups in total. The predicted molar refractivity (Wildman–Crippen MR) is 93.2 cm³/mol. The lowest BCUT2D eigenvalue weighted by Crippen LogP contribution is -2.00. The van der Waals surface area contributed by atoms with Gasteiger partial charge in [0, 0.05) is 28.6 Å². The molecule has 5 heteroatoms. The highest BCUT2D eigenvalue weighted by molar-refractivity contribution is 6.02. The molecule has 0 radical (unpaired) electrons. The maximum absolute atomic E-state index is 11.7. The van der Waals surface area contributed by atoms with Crippen LogP contribution in [0.25, 0.3) is 33.4 Å². The molecule has 0 atom stereocenters. The van der Waals surface area contributed by atoms with Crippen molar-refractivity contribution in [2.45, 2.75) is 0 Å². The van der Waals surface area contributed by atoms with Gasteiger partial charge in [-0.3, -0.25) is 4.79 Å². The number of aromatic carboxylic acids is 1. The molecule has 25 heavy (non-hydrogen) atoms. The van der Waals surface area contributed by atoms with Crippen molar-refractivity contribution in [2.24, 2.45) is 0 Å². The summed E-state index contributed by atoms with van der Waals surface area (Å²) in [7, 11) is 0. The van der Waals surface area contributed by atoms with Crippen molar-refractivity contribution in [3.8, 4) is 28.2 Å². The standard InChI is InChI=1S/C20H12O5/c21-13-5-7-15-17(9-13)25-18-10-14(22)6-8-16(18)19(15)11-1-3-12(4-2-11)20(23)24/h1-10,21H,(H,23,24). The van der Waals surface area contributed by atoms with E-state index >= 15 is 0 Å². The number of hydrogen-bond acceptors (Lipinski definition) is 4. The molecule has 0 fully saturated rings. The highest BCUT2D eigenvalue weighted by Crippen LogP contribution is 2.40. The van der Waals surface area contributed by atoms with E-state index in [1.165, 1.54) is 30.3 Å². The largest absolute Gasteiger partial charge is 0.508 e. The Morgan fingerprint density at radius 1 is 0.920 bits per heavy atom. The van der Waals surface area contributed by atoms with Crippen LogP contribution in [0.2, 0.25) is 0 Å². The van der Waals surface area contributed by atoms with Crippen molar-refractivity contribution < 1.29 is 19.4 Å². The summed E-state index contributed by atoms with van der Waals surface area (Å²) in [6, 6.07) is 15.8. The Labute approximate surface area is 141 Å². The first-order chi connectivity index (χ1) is 12.0. The first kappa shape index (κ1) is 15.0. The Hall–Kier alpha value is -3.60. The van der Waals surface area contributed by atoms with Gasteiger partial charge in [0.05, 0.1) is 5.56 Å². The number of phenols is 1. The average Bonchev–Trinajstić information content (AvgIpc) is 2.59. The Bertz CT molecular complexity index is 1140. The van der Waals surface area contributed by atoms with Crippen LogP contribution in [-0.4, -0.2) is 16.2 Å². The third-order valence-corrected chi connectivity index (χ3v) is 4.10. The zero-order chi connectivity index (χ0) is 17.6. The summed E-state index contributed by atoms with van der Waals surface area (Å²) >= 11 is 0.